The van der Waals surface area contributed by atoms with Crippen LogP contribution in [0.25, 0.3) is 0 Å². The first kappa shape index (κ1) is 24.4. The first-order valence-electron chi connectivity index (χ1n) is 12.0. The van der Waals surface area contributed by atoms with Crippen molar-refractivity contribution in [2.45, 2.75) is 58.1 Å². The largest absolute Gasteiger partial charge is 0.388 e. The molecule has 0 aliphatic heterocycles. The highest BCUT2D eigenvalue weighted by Gasteiger charge is 2.31. The maximum atomic E-state index is 12.9. The van der Waals surface area contributed by atoms with Crippen LogP contribution in [0.4, 0.5) is 0 Å². The van der Waals surface area contributed by atoms with Crippen molar-refractivity contribution in [2.24, 2.45) is 11.8 Å². The zero-order chi connectivity index (χ0) is 24.2. The average Bonchev–Trinajstić information content (AvgIpc) is 3.49. The molecule has 0 radical (unpaired) electrons. The molecule has 2 heterocycles. The molecule has 2 N–H and O–H groups in total. The van der Waals surface area contributed by atoms with Crippen LogP contribution in [0.3, 0.4) is 0 Å². The van der Waals surface area contributed by atoms with Gasteiger partial charge in [-0.25, -0.2) is 4.98 Å². The molecule has 0 saturated heterocycles. The summed E-state index contributed by atoms with van der Waals surface area (Å²) in [6.45, 7) is 4.69. The summed E-state index contributed by atoms with van der Waals surface area (Å²) in [7, 11) is 1.81. The SMILES string of the molecule is CC(C)c1cc(CN(C)C(=O)c2ccc(C[C@@H]3CC[C@H]([C@H](O)c4ccc(Cl)nc4)C3)cc2)[nH]n1. The minimum atomic E-state index is -0.503. The molecule has 7 heteroatoms. The van der Waals surface area contributed by atoms with Gasteiger partial charge in [0.05, 0.1) is 24.0 Å². The summed E-state index contributed by atoms with van der Waals surface area (Å²) in [5.74, 6) is 1.11. The van der Waals surface area contributed by atoms with E-state index in [2.05, 4.69) is 41.2 Å². The number of hydrogen-bond donors (Lipinski definition) is 2. The second kappa shape index (κ2) is 10.7. The van der Waals surface area contributed by atoms with Gasteiger partial charge in [-0.05, 0) is 78.8 Å². The molecule has 3 aromatic rings. The number of H-pyrrole nitrogens is 1. The molecule has 1 amide bonds. The maximum Gasteiger partial charge on any atom is 0.253 e. The number of nitrogens with zero attached hydrogens (tertiary/aromatic N) is 3. The van der Waals surface area contributed by atoms with Crippen molar-refractivity contribution < 1.29 is 9.90 Å². The van der Waals surface area contributed by atoms with Gasteiger partial charge < -0.3 is 10.0 Å². The fourth-order valence-corrected chi connectivity index (χ4v) is 4.95. The Hall–Kier alpha value is -2.70. The molecule has 6 nitrogen and oxygen atoms in total. The number of aliphatic hydroxyl groups is 1. The summed E-state index contributed by atoms with van der Waals surface area (Å²) in [5.41, 5.74) is 4.68. The number of aromatic amines is 1. The van der Waals surface area contributed by atoms with Gasteiger partial charge in [0.2, 0.25) is 0 Å². The number of carbonyl (C=O) groups excluding carboxylic acids is 1. The van der Waals surface area contributed by atoms with Gasteiger partial charge in [-0.3, -0.25) is 9.89 Å². The van der Waals surface area contributed by atoms with Gasteiger partial charge in [-0.1, -0.05) is 43.6 Å². The van der Waals surface area contributed by atoms with E-state index in [0.717, 1.165) is 42.6 Å². The van der Waals surface area contributed by atoms with Crippen LogP contribution in [-0.2, 0) is 13.0 Å². The van der Waals surface area contributed by atoms with E-state index in [1.807, 2.05) is 31.3 Å². The van der Waals surface area contributed by atoms with Gasteiger partial charge in [-0.15, -0.1) is 0 Å². The van der Waals surface area contributed by atoms with Crippen LogP contribution in [0.2, 0.25) is 5.15 Å². The zero-order valence-electron chi connectivity index (χ0n) is 20.0. The summed E-state index contributed by atoms with van der Waals surface area (Å²) in [5, 5.41) is 18.5. The van der Waals surface area contributed by atoms with E-state index in [-0.39, 0.29) is 11.8 Å². The van der Waals surface area contributed by atoms with Crippen LogP contribution >= 0.6 is 11.6 Å². The summed E-state index contributed by atoms with van der Waals surface area (Å²) < 4.78 is 0. The molecule has 0 spiro atoms. The minimum absolute atomic E-state index is 0.00660. The molecular weight excluding hydrogens is 448 g/mol. The summed E-state index contributed by atoms with van der Waals surface area (Å²) in [6, 6.07) is 13.6. The molecule has 0 bridgehead atoms. The number of hydrogen-bond acceptors (Lipinski definition) is 4. The van der Waals surface area contributed by atoms with Crippen molar-refractivity contribution in [3.63, 3.8) is 0 Å². The standard InChI is InChI=1S/C27H33ClN4O2/c1-17(2)24-14-23(30-31-24)16-32(3)27(34)20-7-4-18(5-8-20)12-19-6-9-21(13-19)26(33)22-10-11-25(28)29-15-22/h4-5,7-8,10-11,14-15,17,19,21,26,33H,6,9,12-13,16H2,1-3H3,(H,30,31)/t19-,21-,26-/m0/s1. The van der Waals surface area contributed by atoms with Crippen LogP contribution < -0.4 is 0 Å². The number of aliphatic hydroxyl groups excluding tert-OH is 1. The van der Waals surface area contributed by atoms with Gasteiger partial charge in [0.1, 0.15) is 5.15 Å². The van der Waals surface area contributed by atoms with Crippen LogP contribution in [0.1, 0.15) is 78.0 Å². The Balaban J connectivity index is 1.30. The highest BCUT2D eigenvalue weighted by atomic mass is 35.5. The van der Waals surface area contributed by atoms with Gasteiger partial charge in [0.25, 0.3) is 5.91 Å². The van der Waals surface area contributed by atoms with Crippen molar-refractivity contribution in [3.8, 4) is 0 Å². The average molecular weight is 481 g/mol. The highest BCUT2D eigenvalue weighted by Crippen LogP contribution is 2.40. The van der Waals surface area contributed by atoms with Crippen molar-refractivity contribution in [3.05, 3.63) is 81.9 Å². The molecule has 1 saturated carbocycles. The molecular formula is C27H33ClN4O2. The highest BCUT2D eigenvalue weighted by molar-refractivity contribution is 6.29. The number of aromatic nitrogens is 3. The van der Waals surface area contributed by atoms with E-state index in [1.54, 1.807) is 17.2 Å². The minimum Gasteiger partial charge on any atom is -0.388 e. The number of carbonyl (C=O) groups is 1. The lowest BCUT2D eigenvalue weighted by atomic mass is 9.92. The van der Waals surface area contributed by atoms with E-state index in [9.17, 15) is 9.90 Å². The van der Waals surface area contributed by atoms with Crippen molar-refractivity contribution >= 4 is 17.5 Å². The fourth-order valence-electron chi connectivity index (χ4n) is 4.84. The lowest BCUT2D eigenvalue weighted by molar-refractivity contribution is 0.0783. The van der Waals surface area contributed by atoms with E-state index in [0.29, 0.717) is 29.1 Å². The normalized spacial score (nSPS) is 18.9. The van der Waals surface area contributed by atoms with E-state index in [4.69, 9.17) is 11.6 Å². The smallest absolute Gasteiger partial charge is 0.253 e. The van der Waals surface area contributed by atoms with Gasteiger partial charge in [0, 0.05) is 18.8 Å². The Labute approximate surface area is 206 Å². The Bertz CT molecular complexity index is 1090. The number of nitrogens with one attached hydrogen (secondary N) is 1. The van der Waals surface area contributed by atoms with E-state index in [1.165, 1.54) is 5.56 Å². The maximum absolute atomic E-state index is 12.9. The number of amides is 1. The summed E-state index contributed by atoms with van der Waals surface area (Å²) >= 11 is 5.86. The number of pyridine rings is 1. The molecule has 2 aromatic heterocycles. The molecule has 1 fully saturated rings. The Morgan fingerprint density at radius 1 is 1.21 bits per heavy atom. The predicted molar refractivity (Wildman–Crippen MR) is 134 cm³/mol. The van der Waals surface area contributed by atoms with Crippen LogP contribution in [0.15, 0.2) is 48.7 Å². The summed E-state index contributed by atoms with van der Waals surface area (Å²) in [4.78, 5) is 18.7. The number of rotatable bonds is 8. The first-order valence-corrected chi connectivity index (χ1v) is 12.4. The molecule has 4 rings (SSSR count). The molecule has 3 atom stereocenters. The van der Waals surface area contributed by atoms with E-state index < -0.39 is 6.10 Å². The monoisotopic (exact) mass is 480 g/mol. The van der Waals surface area contributed by atoms with Crippen molar-refractivity contribution in [1.82, 2.24) is 20.1 Å². The lowest BCUT2D eigenvalue weighted by Crippen LogP contribution is -2.26. The first-order chi connectivity index (χ1) is 16.3. The van der Waals surface area contributed by atoms with Crippen LogP contribution in [0, 0.1) is 11.8 Å². The fraction of sp³-hybridized carbons (Fsp3) is 0.444. The van der Waals surface area contributed by atoms with Gasteiger partial charge >= 0.3 is 0 Å². The van der Waals surface area contributed by atoms with Gasteiger partial charge in [-0.2, -0.15) is 5.10 Å². The third kappa shape index (κ3) is 5.86. The van der Waals surface area contributed by atoms with Crippen LogP contribution in [-0.4, -0.2) is 38.1 Å². The second-order valence-electron chi connectivity index (χ2n) is 9.83. The Morgan fingerprint density at radius 2 is 1.97 bits per heavy atom. The van der Waals surface area contributed by atoms with Crippen molar-refractivity contribution in [2.75, 3.05) is 7.05 Å². The third-order valence-electron chi connectivity index (χ3n) is 6.84. The molecule has 34 heavy (non-hydrogen) atoms. The molecule has 0 unspecified atom stereocenters. The Morgan fingerprint density at radius 3 is 2.62 bits per heavy atom. The molecule has 1 aliphatic rings. The van der Waals surface area contributed by atoms with Gasteiger partial charge in [0.15, 0.2) is 0 Å². The number of benzene rings is 1. The molecule has 180 valence electrons. The third-order valence-corrected chi connectivity index (χ3v) is 7.07. The number of halogens is 1. The van der Waals surface area contributed by atoms with Crippen molar-refractivity contribution in [1.29, 1.82) is 0 Å². The molecule has 1 aromatic carbocycles. The lowest BCUT2D eigenvalue weighted by Gasteiger charge is -2.19. The predicted octanol–water partition coefficient (Wildman–Crippen LogP) is 5.55. The quantitative estimate of drug-likeness (QED) is 0.414. The van der Waals surface area contributed by atoms with Crippen LogP contribution in [0.5, 0.6) is 0 Å². The Kier molecular flexibility index (Phi) is 7.69. The van der Waals surface area contributed by atoms with E-state index >= 15 is 0 Å². The zero-order valence-corrected chi connectivity index (χ0v) is 20.8. The second-order valence-corrected chi connectivity index (χ2v) is 10.2. The molecule has 1 aliphatic carbocycles. The topological polar surface area (TPSA) is 82.1 Å². The summed E-state index contributed by atoms with van der Waals surface area (Å²) in [6.07, 6.45) is 5.20.